The summed E-state index contributed by atoms with van der Waals surface area (Å²) in [5.41, 5.74) is 0.665. The lowest BCUT2D eigenvalue weighted by atomic mass is 9.82. The van der Waals surface area contributed by atoms with Crippen LogP contribution in [0.3, 0.4) is 0 Å². The van der Waals surface area contributed by atoms with Gasteiger partial charge < -0.3 is 4.90 Å². The first-order valence-electron chi connectivity index (χ1n) is 6.76. The summed E-state index contributed by atoms with van der Waals surface area (Å²) in [6, 6.07) is 4.61. The van der Waals surface area contributed by atoms with Crippen molar-refractivity contribution in [3.05, 3.63) is 34.1 Å². The van der Waals surface area contributed by atoms with Gasteiger partial charge in [-0.15, -0.1) is 0 Å². The number of hydrogen-bond acceptors (Lipinski definition) is 1. The van der Waals surface area contributed by atoms with Crippen molar-refractivity contribution in [2.24, 2.45) is 5.41 Å². The molecule has 0 aromatic heterocycles. The summed E-state index contributed by atoms with van der Waals surface area (Å²) < 4.78 is 13.8. The second-order valence-corrected chi connectivity index (χ2v) is 6.08. The number of benzene rings is 1. The summed E-state index contributed by atoms with van der Waals surface area (Å²) in [6.45, 7) is 5.90. The molecule has 104 valence electrons. The maximum Gasteiger partial charge on any atom is 0.255 e. The standard InChI is InChI=1S/C15H19BrFNO/c1-3-15(4-2)8-9-18(10-15)14(19)11-6-5-7-12(17)13(11)16/h5-7H,3-4,8-10H2,1-2H3. The summed E-state index contributed by atoms with van der Waals surface area (Å²) in [7, 11) is 0. The summed E-state index contributed by atoms with van der Waals surface area (Å²) in [4.78, 5) is 14.3. The van der Waals surface area contributed by atoms with Gasteiger partial charge in [0.15, 0.2) is 0 Å². The summed E-state index contributed by atoms with van der Waals surface area (Å²) in [6.07, 6.45) is 3.20. The molecule has 0 spiro atoms. The maximum atomic E-state index is 13.5. The minimum atomic E-state index is -0.387. The van der Waals surface area contributed by atoms with E-state index in [1.54, 1.807) is 12.1 Å². The molecule has 0 atom stereocenters. The molecule has 1 amide bonds. The van der Waals surface area contributed by atoms with Crippen molar-refractivity contribution in [2.75, 3.05) is 13.1 Å². The Morgan fingerprint density at radius 2 is 2.11 bits per heavy atom. The SMILES string of the molecule is CCC1(CC)CCN(C(=O)c2cccc(F)c2Br)C1. The van der Waals surface area contributed by atoms with Crippen molar-refractivity contribution in [3.8, 4) is 0 Å². The molecule has 0 aliphatic carbocycles. The second-order valence-electron chi connectivity index (χ2n) is 5.29. The molecule has 0 bridgehead atoms. The van der Waals surface area contributed by atoms with Crippen LogP contribution in [0.4, 0.5) is 4.39 Å². The molecule has 1 aliphatic rings. The molecule has 1 aromatic carbocycles. The van der Waals surface area contributed by atoms with Crippen molar-refractivity contribution >= 4 is 21.8 Å². The van der Waals surface area contributed by atoms with E-state index in [9.17, 15) is 9.18 Å². The molecular formula is C15H19BrFNO. The zero-order chi connectivity index (χ0) is 14.0. The van der Waals surface area contributed by atoms with Crippen molar-refractivity contribution < 1.29 is 9.18 Å². The van der Waals surface area contributed by atoms with Gasteiger partial charge >= 0.3 is 0 Å². The highest BCUT2D eigenvalue weighted by atomic mass is 79.9. The zero-order valence-electron chi connectivity index (χ0n) is 11.4. The van der Waals surface area contributed by atoms with E-state index < -0.39 is 0 Å². The van der Waals surface area contributed by atoms with Crippen LogP contribution in [0.1, 0.15) is 43.5 Å². The van der Waals surface area contributed by atoms with Crippen molar-refractivity contribution in [1.29, 1.82) is 0 Å². The van der Waals surface area contributed by atoms with E-state index in [0.717, 1.165) is 32.4 Å². The van der Waals surface area contributed by atoms with E-state index in [-0.39, 0.29) is 21.6 Å². The van der Waals surface area contributed by atoms with Crippen LogP contribution in [0, 0.1) is 11.2 Å². The molecule has 1 aliphatic heterocycles. The molecule has 4 heteroatoms. The molecule has 2 nitrogen and oxygen atoms in total. The third-order valence-electron chi connectivity index (χ3n) is 4.41. The predicted molar refractivity (Wildman–Crippen MR) is 77.6 cm³/mol. The molecule has 1 fully saturated rings. The minimum absolute atomic E-state index is 0.0739. The second kappa shape index (κ2) is 5.61. The summed E-state index contributed by atoms with van der Waals surface area (Å²) in [5.74, 6) is -0.461. The molecule has 0 radical (unpaired) electrons. The normalized spacial score (nSPS) is 17.8. The smallest absolute Gasteiger partial charge is 0.255 e. The highest BCUT2D eigenvalue weighted by Gasteiger charge is 2.37. The molecule has 1 heterocycles. The predicted octanol–water partition coefficient (Wildman–Crippen LogP) is 4.24. The topological polar surface area (TPSA) is 20.3 Å². The van der Waals surface area contributed by atoms with Crippen molar-refractivity contribution in [1.82, 2.24) is 4.90 Å². The number of carbonyl (C=O) groups excluding carboxylic acids is 1. The van der Waals surface area contributed by atoms with E-state index >= 15 is 0 Å². The molecule has 0 N–H and O–H groups in total. The van der Waals surface area contributed by atoms with Crippen LogP contribution in [0.5, 0.6) is 0 Å². The van der Waals surface area contributed by atoms with Crippen LogP contribution in [0.25, 0.3) is 0 Å². The molecule has 2 rings (SSSR count). The van der Waals surface area contributed by atoms with Gasteiger partial charge in [-0.05, 0) is 52.7 Å². The van der Waals surface area contributed by atoms with E-state index in [0.29, 0.717) is 5.56 Å². The fraction of sp³-hybridized carbons (Fsp3) is 0.533. The van der Waals surface area contributed by atoms with Gasteiger partial charge in [-0.25, -0.2) is 4.39 Å². The van der Waals surface area contributed by atoms with E-state index in [1.807, 2.05) is 4.90 Å². The van der Waals surface area contributed by atoms with E-state index in [4.69, 9.17) is 0 Å². The third-order valence-corrected chi connectivity index (χ3v) is 5.21. The van der Waals surface area contributed by atoms with Gasteiger partial charge in [-0.1, -0.05) is 19.9 Å². The lowest BCUT2D eigenvalue weighted by Crippen LogP contribution is -2.32. The molecule has 1 saturated heterocycles. The largest absolute Gasteiger partial charge is 0.338 e. The minimum Gasteiger partial charge on any atom is -0.338 e. The van der Waals surface area contributed by atoms with E-state index in [1.165, 1.54) is 6.07 Å². The van der Waals surface area contributed by atoms with Gasteiger partial charge in [-0.2, -0.15) is 0 Å². The third kappa shape index (κ3) is 2.69. The van der Waals surface area contributed by atoms with Crippen LogP contribution in [-0.2, 0) is 0 Å². The summed E-state index contributed by atoms with van der Waals surface area (Å²) >= 11 is 3.17. The van der Waals surface area contributed by atoms with Crippen LogP contribution in [-0.4, -0.2) is 23.9 Å². The lowest BCUT2D eigenvalue weighted by Gasteiger charge is -2.26. The van der Waals surface area contributed by atoms with Crippen LogP contribution in [0.15, 0.2) is 22.7 Å². The highest BCUT2D eigenvalue weighted by Crippen LogP contribution is 2.38. The van der Waals surface area contributed by atoms with E-state index in [2.05, 4.69) is 29.8 Å². The average molecular weight is 328 g/mol. The Balaban J connectivity index is 2.20. The Kier molecular flexibility index (Phi) is 4.29. The fourth-order valence-electron chi connectivity index (χ4n) is 2.77. The number of rotatable bonds is 3. The number of halogens is 2. The number of nitrogens with zero attached hydrogens (tertiary/aromatic N) is 1. The van der Waals surface area contributed by atoms with Crippen LogP contribution < -0.4 is 0 Å². The first kappa shape index (κ1) is 14.5. The number of likely N-dealkylation sites (tertiary alicyclic amines) is 1. The van der Waals surface area contributed by atoms with Crippen LogP contribution in [0.2, 0.25) is 0 Å². The Hall–Kier alpha value is -0.900. The Morgan fingerprint density at radius 1 is 1.42 bits per heavy atom. The van der Waals surface area contributed by atoms with Crippen LogP contribution >= 0.6 is 15.9 Å². The van der Waals surface area contributed by atoms with Gasteiger partial charge in [0, 0.05) is 13.1 Å². The lowest BCUT2D eigenvalue weighted by molar-refractivity contribution is 0.0768. The maximum absolute atomic E-state index is 13.5. The Bertz CT molecular complexity index is 485. The number of carbonyl (C=O) groups is 1. The van der Waals surface area contributed by atoms with Crippen molar-refractivity contribution in [3.63, 3.8) is 0 Å². The average Bonchev–Trinajstić information content (AvgIpc) is 2.86. The molecule has 1 aromatic rings. The zero-order valence-corrected chi connectivity index (χ0v) is 13.0. The molecule has 0 unspecified atom stereocenters. The molecular weight excluding hydrogens is 309 g/mol. The monoisotopic (exact) mass is 327 g/mol. The van der Waals surface area contributed by atoms with Gasteiger partial charge in [-0.3, -0.25) is 4.79 Å². The van der Waals surface area contributed by atoms with Crippen molar-refractivity contribution in [2.45, 2.75) is 33.1 Å². The van der Waals surface area contributed by atoms with Gasteiger partial charge in [0.2, 0.25) is 0 Å². The number of amides is 1. The fourth-order valence-corrected chi connectivity index (χ4v) is 3.21. The molecule has 19 heavy (non-hydrogen) atoms. The Morgan fingerprint density at radius 3 is 2.68 bits per heavy atom. The number of hydrogen-bond donors (Lipinski definition) is 0. The van der Waals surface area contributed by atoms with Gasteiger partial charge in [0.1, 0.15) is 5.82 Å². The first-order valence-corrected chi connectivity index (χ1v) is 7.55. The first-order chi connectivity index (χ1) is 9.03. The Labute approximate surface area is 122 Å². The quantitative estimate of drug-likeness (QED) is 0.813. The summed E-state index contributed by atoms with van der Waals surface area (Å²) in [5, 5.41) is 0. The van der Waals surface area contributed by atoms with Gasteiger partial charge in [0.25, 0.3) is 5.91 Å². The van der Waals surface area contributed by atoms with Gasteiger partial charge in [0.05, 0.1) is 10.0 Å². The molecule has 0 saturated carbocycles. The highest BCUT2D eigenvalue weighted by molar-refractivity contribution is 9.10.